The van der Waals surface area contributed by atoms with Gasteiger partial charge in [0.25, 0.3) is 11.8 Å². The van der Waals surface area contributed by atoms with Crippen molar-refractivity contribution in [2.24, 2.45) is 5.92 Å². The highest BCUT2D eigenvalue weighted by molar-refractivity contribution is 6.05. The summed E-state index contributed by atoms with van der Waals surface area (Å²) in [5.74, 6) is 0.957. The minimum Gasteiger partial charge on any atom is -0.491 e. The molecular weight excluding hydrogens is 414 g/mol. The number of rotatable bonds is 3. The summed E-state index contributed by atoms with van der Waals surface area (Å²) < 4.78 is 6.23. The highest BCUT2D eigenvalue weighted by atomic mass is 16.5. The molecule has 0 unspecified atom stereocenters. The Morgan fingerprint density at radius 2 is 1.88 bits per heavy atom. The molecule has 4 rings (SSSR count). The summed E-state index contributed by atoms with van der Waals surface area (Å²) in [6, 6.07) is 15.1. The summed E-state index contributed by atoms with van der Waals surface area (Å²) in [7, 11) is 1.82. The third kappa shape index (κ3) is 5.05. The third-order valence-corrected chi connectivity index (χ3v) is 6.30. The summed E-state index contributed by atoms with van der Waals surface area (Å²) in [5, 5.41) is 1.03. The van der Waals surface area contributed by atoms with Crippen LogP contribution in [0.3, 0.4) is 0 Å². The number of hydrogen-bond donors (Lipinski definition) is 1. The molecule has 6 heteroatoms. The van der Waals surface area contributed by atoms with Gasteiger partial charge in [-0.2, -0.15) is 0 Å². The van der Waals surface area contributed by atoms with Gasteiger partial charge in [-0.05, 0) is 49.4 Å². The van der Waals surface area contributed by atoms with Gasteiger partial charge < -0.3 is 19.5 Å². The number of hydrogen-bond acceptors (Lipinski definition) is 3. The van der Waals surface area contributed by atoms with Crippen molar-refractivity contribution >= 4 is 22.7 Å². The maximum atomic E-state index is 13.9. The highest BCUT2D eigenvalue weighted by Gasteiger charge is 2.28. The van der Waals surface area contributed by atoms with E-state index < -0.39 is 0 Å². The number of amides is 2. The van der Waals surface area contributed by atoms with E-state index in [0.717, 1.165) is 30.2 Å². The molecule has 33 heavy (non-hydrogen) atoms. The first kappa shape index (κ1) is 22.9. The van der Waals surface area contributed by atoms with E-state index in [9.17, 15) is 9.59 Å². The van der Waals surface area contributed by atoms with Crippen molar-refractivity contribution in [2.75, 3.05) is 26.7 Å². The van der Waals surface area contributed by atoms with E-state index >= 15 is 0 Å². The maximum Gasteiger partial charge on any atom is 0.257 e. The van der Waals surface area contributed by atoms with Crippen LogP contribution in [-0.2, 0) is 0 Å². The standard InChI is InChI=1S/C27H33N3O3/c1-19(2)17-21-18-33-24-12-5-4-10-22(24)26(31)29(3)15-6-7-16-30(21)27(32)23-11-8-9-20-13-14-28-25(20)23/h4-5,8-14,19,21,28H,6-7,15-18H2,1-3H3/t21-/m0/s1. The van der Waals surface area contributed by atoms with Crippen molar-refractivity contribution in [3.8, 4) is 5.75 Å². The van der Waals surface area contributed by atoms with E-state index in [2.05, 4.69) is 18.8 Å². The fourth-order valence-electron chi connectivity index (χ4n) is 4.59. The molecular formula is C27H33N3O3. The topological polar surface area (TPSA) is 65.6 Å². The SMILES string of the molecule is CC(C)C[C@H]1COc2ccccc2C(=O)N(C)CCCCN1C(=O)c1cccc2cc[nH]c12. The van der Waals surface area contributed by atoms with Crippen molar-refractivity contribution in [2.45, 2.75) is 39.2 Å². The molecule has 0 fully saturated rings. The first-order chi connectivity index (χ1) is 16.0. The van der Waals surface area contributed by atoms with Gasteiger partial charge in [0, 0.05) is 31.7 Å². The molecule has 2 heterocycles. The van der Waals surface area contributed by atoms with Gasteiger partial charge in [-0.3, -0.25) is 9.59 Å². The van der Waals surface area contributed by atoms with Crippen molar-refractivity contribution in [1.82, 2.24) is 14.8 Å². The number of benzene rings is 2. The van der Waals surface area contributed by atoms with Crippen molar-refractivity contribution < 1.29 is 14.3 Å². The van der Waals surface area contributed by atoms with Gasteiger partial charge in [-0.1, -0.05) is 38.1 Å². The number of fused-ring (bicyclic) bond motifs is 2. The highest BCUT2D eigenvalue weighted by Crippen LogP contribution is 2.25. The number of H-pyrrole nitrogens is 1. The fourth-order valence-corrected chi connectivity index (χ4v) is 4.59. The maximum absolute atomic E-state index is 13.9. The molecule has 174 valence electrons. The Kier molecular flexibility index (Phi) is 7.02. The van der Waals surface area contributed by atoms with Crippen LogP contribution in [0.2, 0.25) is 0 Å². The lowest BCUT2D eigenvalue weighted by Crippen LogP contribution is -2.45. The molecule has 2 amide bonds. The van der Waals surface area contributed by atoms with Crippen molar-refractivity contribution in [1.29, 1.82) is 0 Å². The number of aromatic amines is 1. The van der Waals surface area contributed by atoms with E-state index in [1.165, 1.54) is 0 Å². The number of carbonyl (C=O) groups excluding carboxylic acids is 2. The molecule has 1 atom stereocenters. The summed E-state index contributed by atoms with van der Waals surface area (Å²) >= 11 is 0. The van der Waals surface area contributed by atoms with Crippen LogP contribution in [-0.4, -0.2) is 59.4 Å². The number of para-hydroxylation sites is 2. The molecule has 1 N–H and O–H groups in total. The van der Waals surface area contributed by atoms with Crippen LogP contribution in [0.15, 0.2) is 54.7 Å². The molecule has 0 aliphatic carbocycles. The van der Waals surface area contributed by atoms with Gasteiger partial charge in [-0.25, -0.2) is 0 Å². The normalized spacial score (nSPS) is 17.9. The predicted octanol–water partition coefficient (Wildman–Crippen LogP) is 4.97. The zero-order chi connectivity index (χ0) is 23.4. The molecule has 1 aliphatic heterocycles. The molecule has 2 aromatic carbocycles. The zero-order valence-corrected chi connectivity index (χ0v) is 19.7. The summed E-state index contributed by atoms with van der Waals surface area (Å²) in [5.41, 5.74) is 2.12. The van der Waals surface area contributed by atoms with Crippen molar-refractivity contribution in [3.63, 3.8) is 0 Å². The number of carbonyl (C=O) groups is 2. The predicted molar refractivity (Wildman–Crippen MR) is 131 cm³/mol. The lowest BCUT2D eigenvalue weighted by molar-refractivity contribution is 0.0560. The first-order valence-corrected chi connectivity index (χ1v) is 11.8. The second kappa shape index (κ2) is 10.1. The average Bonchev–Trinajstić information content (AvgIpc) is 3.29. The molecule has 6 nitrogen and oxygen atoms in total. The Labute approximate surface area is 195 Å². The van der Waals surface area contributed by atoms with Crippen LogP contribution in [0.4, 0.5) is 0 Å². The monoisotopic (exact) mass is 447 g/mol. The number of ether oxygens (including phenoxy) is 1. The van der Waals surface area contributed by atoms with Gasteiger partial charge in [0.2, 0.25) is 0 Å². The van der Waals surface area contributed by atoms with Gasteiger partial charge in [0.1, 0.15) is 12.4 Å². The molecule has 0 saturated carbocycles. The minimum atomic E-state index is -0.0944. The van der Waals surface area contributed by atoms with Crippen LogP contribution >= 0.6 is 0 Å². The van der Waals surface area contributed by atoms with Crippen LogP contribution in [0.5, 0.6) is 5.75 Å². The van der Waals surface area contributed by atoms with E-state index in [1.807, 2.05) is 66.7 Å². The van der Waals surface area contributed by atoms with Crippen molar-refractivity contribution in [3.05, 3.63) is 65.9 Å². The molecule has 0 radical (unpaired) electrons. The Morgan fingerprint density at radius 1 is 1.09 bits per heavy atom. The van der Waals surface area contributed by atoms with Crippen LogP contribution in [0, 0.1) is 5.92 Å². The van der Waals surface area contributed by atoms with Crippen LogP contribution in [0.25, 0.3) is 10.9 Å². The number of nitrogens with zero attached hydrogens (tertiary/aromatic N) is 2. The van der Waals surface area contributed by atoms with Gasteiger partial charge in [-0.15, -0.1) is 0 Å². The minimum absolute atomic E-state index is 0.0204. The fraction of sp³-hybridized carbons (Fsp3) is 0.407. The third-order valence-electron chi connectivity index (χ3n) is 6.30. The van der Waals surface area contributed by atoms with Gasteiger partial charge >= 0.3 is 0 Å². The Bertz CT molecular complexity index is 1120. The number of aromatic nitrogens is 1. The molecule has 1 aromatic heterocycles. The largest absolute Gasteiger partial charge is 0.491 e. The van der Waals surface area contributed by atoms with E-state index in [4.69, 9.17) is 4.74 Å². The summed E-state index contributed by atoms with van der Waals surface area (Å²) in [4.78, 5) is 33.8. The molecule has 0 bridgehead atoms. The summed E-state index contributed by atoms with van der Waals surface area (Å²) in [6.45, 7) is 5.93. The molecule has 1 aliphatic rings. The van der Waals surface area contributed by atoms with Crippen LogP contribution in [0.1, 0.15) is 53.8 Å². The summed E-state index contributed by atoms with van der Waals surface area (Å²) in [6.07, 6.45) is 4.34. The Hall–Kier alpha value is -3.28. The molecule has 0 saturated heterocycles. The first-order valence-electron chi connectivity index (χ1n) is 11.8. The van der Waals surface area contributed by atoms with E-state index in [0.29, 0.717) is 42.5 Å². The lowest BCUT2D eigenvalue weighted by Gasteiger charge is -2.34. The number of nitrogens with one attached hydrogen (secondary N) is 1. The quantitative estimate of drug-likeness (QED) is 0.617. The van der Waals surface area contributed by atoms with E-state index in [1.54, 1.807) is 4.90 Å². The Morgan fingerprint density at radius 3 is 2.70 bits per heavy atom. The van der Waals surface area contributed by atoms with E-state index in [-0.39, 0.29) is 17.9 Å². The van der Waals surface area contributed by atoms with Gasteiger partial charge in [0.05, 0.1) is 22.7 Å². The smallest absolute Gasteiger partial charge is 0.257 e. The second-order valence-corrected chi connectivity index (χ2v) is 9.27. The average molecular weight is 448 g/mol. The second-order valence-electron chi connectivity index (χ2n) is 9.27. The van der Waals surface area contributed by atoms with Crippen LogP contribution < -0.4 is 4.74 Å². The Balaban J connectivity index is 1.69. The zero-order valence-electron chi connectivity index (χ0n) is 19.7. The molecule has 3 aromatic rings. The van der Waals surface area contributed by atoms with Gasteiger partial charge in [0.15, 0.2) is 0 Å². The lowest BCUT2D eigenvalue weighted by atomic mass is 10.0. The molecule has 0 spiro atoms.